The fourth-order valence-electron chi connectivity index (χ4n) is 2.54. The van der Waals surface area contributed by atoms with Crippen molar-refractivity contribution in [1.82, 2.24) is 4.90 Å². The van der Waals surface area contributed by atoms with Gasteiger partial charge in [-0.2, -0.15) is 0 Å². The summed E-state index contributed by atoms with van der Waals surface area (Å²) in [6, 6.07) is 5.77. The van der Waals surface area contributed by atoms with Crippen molar-refractivity contribution in [2.75, 3.05) is 6.54 Å². The van der Waals surface area contributed by atoms with E-state index in [0.29, 0.717) is 6.42 Å². The Hall–Kier alpha value is -1.06. The van der Waals surface area contributed by atoms with E-state index in [1.54, 1.807) is 0 Å². The third-order valence-corrected chi connectivity index (χ3v) is 3.88. The summed E-state index contributed by atoms with van der Waals surface area (Å²) in [5, 5.41) is 0.732. The van der Waals surface area contributed by atoms with E-state index in [1.807, 2.05) is 30.0 Å². The zero-order valence-electron chi connectivity index (χ0n) is 10.8. The molecule has 0 aromatic heterocycles. The van der Waals surface area contributed by atoms with Gasteiger partial charge in [0.25, 0.3) is 0 Å². The summed E-state index contributed by atoms with van der Waals surface area (Å²) in [5.41, 5.74) is 8.19. The number of carbonyl (C=O) groups excluding carboxylic acids is 1. The predicted octanol–water partition coefficient (Wildman–Crippen LogP) is 2.66. The smallest absolute Gasteiger partial charge is 0.224 e. The van der Waals surface area contributed by atoms with Crippen LogP contribution >= 0.6 is 11.6 Å². The van der Waals surface area contributed by atoms with Gasteiger partial charge in [-0.15, -0.1) is 0 Å². The van der Waals surface area contributed by atoms with Crippen molar-refractivity contribution in [3.63, 3.8) is 0 Å². The van der Waals surface area contributed by atoms with Gasteiger partial charge in [0.1, 0.15) is 0 Å². The molecule has 1 heterocycles. The third-order valence-electron chi connectivity index (χ3n) is 3.47. The number of amides is 1. The van der Waals surface area contributed by atoms with E-state index in [1.165, 1.54) is 0 Å². The van der Waals surface area contributed by atoms with Gasteiger partial charge < -0.3 is 10.6 Å². The van der Waals surface area contributed by atoms with E-state index in [0.717, 1.165) is 29.1 Å². The first-order valence-electron chi connectivity index (χ1n) is 6.35. The summed E-state index contributed by atoms with van der Waals surface area (Å²) >= 11 is 6.16. The molecule has 4 heteroatoms. The zero-order chi connectivity index (χ0) is 13.3. The van der Waals surface area contributed by atoms with Gasteiger partial charge >= 0.3 is 0 Å². The Morgan fingerprint density at radius 3 is 2.83 bits per heavy atom. The lowest BCUT2D eigenvalue weighted by Crippen LogP contribution is -2.33. The van der Waals surface area contributed by atoms with Gasteiger partial charge in [0.15, 0.2) is 0 Å². The molecular formula is C14H19ClN2O. The number of carbonyl (C=O) groups is 1. The average Bonchev–Trinajstić information content (AvgIpc) is 2.59. The Bertz CT molecular complexity index is 461. The molecule has 3 nitrogen and oxygen atoms in total. The van der Waals surface area contributed by atoms with Crippen LogP contribution in [0.2, 0.25) is 5.02 Å². The summed E-state index contributed by atoms with van der Waals surface area (Å²) < 4.78 is 0. The number of nitrogens with zero attached hydrogens (tertiary/aromatic N) is 1. The van der Waals surface area contributed by atoms with Crippen LogP contribution in [0, 0.1) is 6.92 Å². The van der Waals surface area contributed by atoms with E-state index in [-0.39, 0.29) is 18.0 Å². The van der Waals surface area contributed by atoms with Gasteiger partial charge in [0.05, 0.1) is 6.04 Å². The van der Waals surface area contributed by atoms with E-state index in [2.05, 4.69) is 6.92 Å². The largest absolute Gasteiger partial charge is 0.334 e. The predicted molar refractivity (Wildman–Crippen MR) is 73.5 cm³/mol. The first-order valence-corrected chi connectivity index (χ1v) is 6.73. The summed E-state index contributed by atoms with van der Waals surface area (Å²) in [4.78, 5) is 13.8. The molecule has 1 aliphatic heterocycles. The minimum Gasteiger partial charge on any atom is -0.334 e. The van der Waals surface area contributed by atoms with E-state index >= 15 is 0 Å². The Morgan fingerprint density at radius 1 is 1.50 bits per heavy atom. The fraction of sp³-hybridized carbons (Fsp3) is 0.500. The monoisotopic (exact) mass is 266 g/mol. The Labute approximate surface area is 113 Å². The van der Waals surface area contributed by atoms with Crippen LogP contribution in [-0.4, -0.2) is 23.4 Å². The lowest BCUT2D eigenvalue weighted by molar-refractivity contribution is -0.129. The van der Waals surface area contributed by atoms with Crippen LogP contribution in [0.15, 0.2) is 18.2 Å². The Morgan fingerprint density at radius 2 is 2.22 bits per heavy atom. The zero-order valence-corrected chi connectivity index (χ0v) is 11.6. The van der Waals surface area contributed by atoms with Crippen LogP contribution in [0.1, 0.15) is 36.9 Å². The molecule has 0 radical (unpaired) electrons. The summed E-state index contributed by atoms with van der Waals surface area (Å²) in [5.74, 6) is 0.144. The van der Waals surface area contributed by atoms with Crippen molar-refractivity contribution in [2.24, 2.45) is 5.73 Å². The second-order valence-electron chi connectivity index (χ2n) is 4.91. The molecule has 0 bridgehead atoms. The Balaban J connectivity index is 2.34. The standard InChI is InChI=1S/C14H19ClN2O/c1-3-6-17-13(18)8-12(16)14(17)10-5-4-9(2)11(15)7-10/h4-5,7,12,14H,3,6,8,16H2,1-2H3. The number of halogens is 1. The van der Waals surface area contributed by atoms with E-state index in [9.17, 15) is 4.79 Å². The molecule has 18 heavy (non-hydrogen) atoms. The molecular weight excluding hydrogens is 248 g/mol. The van der Waals surface area contributed by atoms with Crippen molar-refractivity contribution in [2.45, 2.75) is 38.8 Å². The van der Waals surface area contributed by atoms with Crippen molar-refractivity contribution < 1.29 is 4.79 Å². The van der Waals surface area contributed by atoms with E-state index < -0.39 is 0 Å². The molecule has 2 unspecified atom stereocenters. The maximum absolute atomic E-state index is 11.9. The number of likely N-dealkylation sites (tertiary alicyclic amines) is 1. The summed E-state index contributed by atoms with van der Waals surface area (Å²) in [6.45, 7) is 4.79. The van der Waals surface area contributed by atoms with Gasteiger partial charge in [-0.25, -0.2) is 0 Å². The summed E-state index contributed by atoms with van der Waals surface area (Å²) in [7, 11) is 0. The van der Waals surface area contributed by atoms with Crippen molar-refractivity contribution in [3.8, 4) is 0 Å². The first-order chi connectivity index (χ1) is 8.54. The molecule has 1 saturated heterocycles. The van der Waals surface area contributed by atoms with Crippen molar-refractivity contribution >= 4 is 17.5 Å². The average molecular weight is 267 g/mol. The van der Waals surface area contributed by atoms with Crippen LogP contribution in [0.4, 0.5) is 0 Å². The van der Waals surface area contributed by atoms with Crippen molar-refractivity contribution in [3.05, 3.63) is 34.3 Å². The third kappa shape index (κ3) is 2.38. The molecule has 2 atom stereocenters. The van der Waals surface area contributed by atoms with Gasteiger partial charge in [0, 0.05) is 24.0 Å². The summed E-state index contributed by atoms with van der Waals surface area (Å²) in [6.07, 6.45) is 1.37. The molecule has 1 fully saturated rings. The van der Waals surface area contributed by atoms with Gasteiger partial charge in [-0.3, -0.25) is 4.79 Å². The number of hydrogen-bond acceptors (Lipinski definition) is 2. The Kier molecular flexibility index (Phi) is 3.93. The van der Waals surface area contributed by atoms with Crippen LogP contribution in [0.25, 0.3) is 0 Å². The lowest BCUT2D eigenvalue weighted by Gasteiger charge is -2.27. The molecule has 1 aromatic carbocycles. The molecule has 0 saturated carbocycles. The highest BCUT2D eigenvalue weighted by atomic mass is 35.5. The number of aryl methyl sites for hydroxylation is 1. The molecule has 2 rings (SSSR count). The molecule has 2 N–H and O–H groups in total. The molecule has 0 aliphatic carbocycles. The minimum atomic E-state index is -0.136. The quantitative estimate of drug-likeness (QED) is 0.914. The maximum Gasteiger partial charge on any atom is 0.224 e. The van der Waals surface area contributed by atoms with Crippen LogP contribution in [-0.2, 0) is 4.79 Å². The number of rotatable bonds is 3. The lowest BCUT2D eigenvalue weighted by atomic mass is 9.99. The van der Waals surface area contributed by atoms with E-state index in [4.69, 9.17) is 17.3 Å². The van der Waals surface area contributed by atoms with Gasteiger partial charge in [-0.05, 0) is 30.5 Å². The molecule has 1 aromatic rings. The number of hydrogen-bond donors (Lipinski definition) is 1. The highest BCUT2D eigenvalue weighted by molar-refractivity contribution is 6.31. The normalized spacial score (nSPS) is 23.8. The van der Waals surface area contributed by atoms with Crippen molar-refractivity contribution in [1.29, 1.82) is 0 Å². The number of nitrogens with two attached hydrogens (primary N) is 1. The topological polar surface area (TPSA) is 46.3 Å². The SMILES string of the molecule is CCCN1C(=O)CC(N)C1c1ccc(C)c(Cl)c1. The fourth-order valence-corrected chi connectivity index (χ4v) is 2.73. The van der Waals surface area contributed by atoms with Gasteiger partial charge in [-0.1, -0.05) is 30.7 Å². The number of benzene rings is 1. The minimum absolute atomic E-state index is 0.0319. The van der Waals surface area contributed by atoms with Gasteiger partial charge in [0.2, 0.25) is 5.91 Å². The van der Waals surface area contributed by atoms with Crippen LogP contribution in [0.3, 0.4) is 0 Å². The molecule has 1 aliphatic rings. The highest BCUT2D eigenvalue weighted by Crippen LogP contribution is 2.33. The second-order valence-corrected chi connectivity index (χ2v) is 5.32. The maximum atomic E-state index is 11.9. The molecule has 98 valence electrons. The second kappa shape index (κ2) is 5.29. The molecule has 1 amide bonds. The highest BCUT2D eigenvalue weighted by Gasteiger charge is 2.37. The van der Waals surface area contributed by atoms with Crippen LogP contribution in [0.5, 0.6) is 0 Å². The van der Waals surface area contributed by atoms with Crippen LogP contribution < -0.4 is 5.73 Å². The first kappa shape index (κ1) is 13.4. The molecule has 0 spiro atoms.